The van der Waals surface area contributed by atoms with Crippen LogP contribution in [0.25, 0.3) is 0 Å². The number of hydrogen-bond donors (Lipinski definition) is 1. The fourth-order valence-electron chi connectivity index (χ4n) is 2.41. The van der Waals surface area contributed by atoms with E-state index >= 15 is 0 Å². The van der Waals surface area contributed by atoms with Crippen LogP contribution in [0, 0.1) is 5.41 Å². The fourth-order valence-corrected chi connectivity index (χ4v) is 2.96. The number of aromatic nitrogens is 1. The Labute approximate surface area is 101 Å². The molecule has 0 aliphatic carbocycles. The molecule has 1 aromatic rings. The summed E-state index contributed by atoms with van der Waals surface area (Å²) < 4.78 is 5.75. The van der Waals surface area contributed by atoms with Gasteiger partial charge in [0.2, 0.25) is 0 Å². The van der Waals surface area contributed by atoms with Crippen molar-refractivity contribution in [3.05, 3.63) is 16.6 Å². The van der Waals surface area contributed by atoms with Crippen LogP contribution >= 0.6 is 11.3 Å². The molecule has 0 aromatic carbocycles. The van der Waals surface area contributed by atoms with Crippen LogP contribution in [0.4, 0.5) is 0 Å². The van der Waals surface area contributed by atoms with Crippen LogP contribution in [0.5, 0.6) is 0 Å². The molecule has 4 heteroatoms. The van der Waals surface area contributed by atoms with Crippen LogP contribution in [0.3, 0.4) is 0 Å². The van der Waals surface area contributed by atoms with Gasteiger partial charge in [-0.15, -0.1) is 11.3 Å². The molecular formula is C12H20N2OS. The molecule has 0 bridgehead atoms. The third-order valence-electron chi connectivity index (χ3n) is 3.57. The van der Waals surface area contributed by atoms with Crippen molar-refractivity contribution in [3.63, 3.8) is 0 Å². The lowest BCUT2D eigenvalue weighted by atomic mass is 9.77. The first-order chi connectivity index (χ1) is 7.77. The van der Waals surface area contributed by atoms with E-state index in [1.807, 2.05) is 5.51 Å². The first-order valence-corrected chi connectivity index (χ1v) is 6.90. The van der Waals surface area contributed by atoms with Crippen LogP contribution in [0.15, 0.2) is 10.9 Å². The van der Waals surface area contributed by atoms with Gasteiger partial charge in [-0.2, -0.15) is 0 Å². The molecule has 2 rings (SSSR count). The molecule has 1 saturated heterocycles. The van der Waals surface area contributed by atoms with E-state index in [0.29, 0.717) is 6.10 Å². The van der Waals surface area contributed by atoms with E-state index in [4.69, 9.17) is 4.74 Å². The van der Waals surface area contributed by atoms with E-state index in [-0.39, 0.29) is 5.41 Å². The average Bonchev–Trinajstić information content (AvgIpc) is 2.88. The van der Waals surface area contributed by atoms with E-state index in [9.17, 15) is 0 Å². The Hall–Kier alpha value is -0.450. The highest BCUT2D eigenvalue weighted by molar-refractivity contribution is 7.07. The molecule has 1 aliphatic heterocycles. The molecule has 1 aliphatic rings. The topological polar surface area (TPSA) is 34.2 Å². The molecule has 3 nitrogen and oxygen atoms in total. The maximum atomic E-state index is 5.75. The number of thiazole rings is 1. The Morgan fingerprint density at radius 3 is 3.12 bits per heavy atom. The van der Waals surface area contributed by atoms with E-state index < -0.39 is 0 Å². The zero-order valence-electron chi connectivity index (χ0n) is 10.0. The fraction of sp³-hybridized carbons (Fsp3) is 0.750. The van der Waals surface area contributed by atoms with Crippen molar-refractivity contribution in [2.75, 3.05) is 19.7 Å². The lowest BCUT2D eigenvalue weighted by molar-refractivity contribution is 0.0629. The van der Waals surface area contributed by atoms with Gasteiger partial charge >= 0.3 is 0 Å². The monoisotopic (exact) mass is 240 g/mol. The quantitative estimate of drug-likeness (QED) is 0.855. The number of nitrogens with zero attached hydrogens (tertiary/aromatic N) is 1. The summed E-state index contributed by atoms with van der Waals surface area (Å²) in [5, 5.41) is 5.62. The van der Waals surface area contributed by atoms with Gasteiger partial charge in [0.15, 0.2) is 0 Å². The van der Waals surface area contributed by atoms with E-state index in [1.54, 1.807) is 11.3 Å². The maximum absolute atomic E-state index is 5.75. The van der Waals surface area contributed by atoms with Gasteiger partial charge in [-0.25, -0.2) is 4.98 Å². The van der Waals surface area contributed by atoms with Crippen LogP contribution in [0.2, 0.25) is 0 Å². The predicted molar refractivity (Wildman–Crippen MR) is 66.8 cm³/mol. The normalized spacial score (nSPS) is 29.8. The van der Waals surface area contributed by atoms with Crippen LogP contribution in [-0.4, -0.2) is 30.8 Å². The van der Waals surface area contributed by atoms with Crippen molar-refractivity contribution in [2.24, 2.45) is 5.41 Å². The molecule has 1 N–H and O–H groups in total. The Bertz CT molecular complexity index is 315. The highest BCUT2D eigenvalue weighted by Crippen LogP contribution is 2.37. The second kappa shape index (κ2) is 5.25. The van der Waals surface area contributed by atoms with Crippen molar-refractivity contribution in [1.29, 1.82) is 0 Å². The molecule has 0 amide bonds. The number of hydrogen-bond acceptors (Lipinski definition) is 4. The van der Waals surface area contributed by atoms with Gasteiger partial charge in [0, 0.05) is 23.9 Å². The summed E-state index contributed by atoms with van der Waals surface area (Å²) in [7, 11) is 0. The minimum atomic E-state index is 0.240. The largest absolute Gasteiger partial charge is 0.378 e. The van der Waals surface area contributed by atoms with Gasteiger partial charge in [-0.05, 0) is 26.3 Å². The summed E-state index contributed by atoms with van der Waals surface area (Å²) in [5.41, 5.74) is 3.36. The van der Waals surface area contributed by atoms with Crippen LogP contribution < -0.4 is 5.32 Å². The molecule has 1 aromatic heterocycles. The predicted octanol–water partition coefficient (Wildman–Crippen LogP) is 2.09. The minimum absolute atomic E-state index is 0.240. The second-order valence-electron chi connectivity index (χ2n) is 4.56. The molecule has 2 unspecified atom stereocenters. The smallest absolute Gasteiger partial charge is 0.0794 e. The first kappa shape index (κ1) is 12.0. The Morgan fingerprint density at radius 2 is 2.56 bits per heavy atom. The van der Waals surface area contributed by atoms with Crippen LogP contribution in [-0.2, 0) is 11.2 Å². The van der Waals surface area contributed by atoms with E-state index in [1.165, 1.54) is 5.69 Å². The molecule has 1 fully saturated rings. The summed E-state index contributed by atoms with van der Waals surface area (Å²) in [4.78, 5) is 4.40. The van der Waals surface area contributed by atoms with Crippen molar-refractivity contribution < 1.29 is 4.74 Å². The van der Waals surface area contributed by atoms with Crippen molar-refractivity contribution in [3.8, 4) is 0 Å². The van der Waals surface area contributed by atoms with Gasteiger partial charge in [0.1, 0.15) is 0 Å². The van der Waals surface area contributed by atoms with E-state index in [2.05, 4.69) is 29.5 Å². The molecule has 16 heavy (non-hydrogen) atoms. The molecule has 0 spiro atoms. The molecule has 2 atom stereocenters. The molecule has 2 heterocycles. The summed E-state index contributed by atoms with van der Waals surface area (Å²) in [6, 6.07) is 0. The van der Waals surface area contributed by atoms with Crippen molar-refractivity contribution >= 4 is 11.3 Å². The zero-order valence-corrected chi connectivity index (χ0v) is 10.8. The Balaban J connectivity index is 2.08. The van der Waals surface area contributed by atoms with Crippen LogP contribution in [0.1, 0.15) is 26.0 Å². The Kier molecular flexibility index (Phi) is 3.95. The lowest BCUT2D eigenvalue weighted by Gasteiger charge is -2.31. The number of ether oxygens (including phenoxy) is 1. The van der Waals surface area contributed by atoms with Gasteiger partial charge < -0.3 is 10.1 Å². The zero-order chi connectivity index (χ0) is 11.4. The molecule has 0 saturated carbocycles. The lowest BCUT2D eigenvalue weighted by Crippen LogP contribution is -2.41. The summed E-state index contributed by atoms with van der Waals surface area (Å²) in [6.45, 7) is 7.28. The third kappa shape index (κ3) is 2.44. The second-order valence-corrected chi connectivity index (χ2v) is 5.28. The third-order valence-corrected chi connectivity index (χ3v) is 4.21. The van der Waals surface area contributed by atoms with Crippen molar-refractivity contribution in [1.82, 2.24) is 10.3 Å². The van der Waals surface area contributed by atoms with E-state index in [0.717, 1.165) is 32.5 Å². The minimum Gasteiger partial charge on any atom is -0.378 e. The van der Waals surface area contributed by atoms with Gasteiger partial charge in [-0.3, -0.25) is 0 Å². The Morgan fingerprint density at radius 1 is 1.69 bits per heavy atom. The summed E-state index contributed by atoms with van der Waals surface area (Å²) in [5.74, 6) is 0. The maximum Gasteiger partial charge on any atom is 0.0794 e. The SMILES string of the molecule is CCNCC1(Cc2cscn2)CCOC1C. The summed E-state index contributed by atoms with van der Waals surface area (Å²) in [6.07, 6.45) is 2.50. The molecule has 90 valence electrons. The average molecular weight is 240 g/mol. The number of rotatable bonds is 5. The number of nitrogens with one attached hydrogen (secondary N) is 1. The van der Waals surface area contributed by atoms with Gasteiger partial charge in [0.25, 0.3) is 0 Å². The highest BCUT2D eigenvalue weighted by Gasteiger charge is 2.41. The van der Waals surface area contributed by atoms with Gasteiger partial charge in [-0.1, -0.05) is 6.92 Å². The molecular weight excluding hydrogens is 220 g/mol. The highest BCUT2D eigenvalue weighted by atomic mass is 32.1. The first-order valence-electron chi connectivity index (χ1n) is 5.96. The van der Waals surface area contributed by atoms with Crippen molar-refractivity contribution in [2.45, 2.75) is 32.8 Å². The standard InChI is InChI=1S/C12H20N2OS/c1-3-13-8-12(4-5-15-10(12)2)6-11-7-16-9-14-11/h7,9-10,13H,3-6,8H2,1-2H3. The summed E-state index contributed by atoms with van der Waals surface area (Å²) >= 11 is 1.67. The molecule has 0 radical (unpaired) electrons. The van der Waals surface area contributed by atoms with Gasteiger partial charge in [0.05, 0.1) is 17.3 Å².